The van der Waals surface area contributed by atoms with Gasteiger partial charge in [0.1, 0.15) is 11.6 Å². The van der Waals surface area contributed by atoms with Gasteiger partial charge >= 0.3 is 0 Å². The van der Waals surface area contributed by atoms with Crippen molar-refractivity contribution >= 4 is 5.82 Å². The topological polar surface area (TPSA) is 48.1 Å². The van der Waals surface area contributed by atoms with Crippen LogP contribution in [0.5, 0.6) is 5.75 Å². The van der Waals surface area contributed by atoms with E-state index in [0.717, 1.165) is 22.4 Å². The van der Waals surface area contributed by atoms with E-state index < -0.39 is 0 Å². The molecular weight excluding hydrogens is 200 g/mol. The lowest BCUT2D eigenvalue weighted by atomic mass is 10.1. The van der Waals surface area contributed by atoms with Crippen LogP contribution in [-0.2, 0) is 0 Å². The first kappa shape index (κ1) is 10.5. The Bertz CT molecular complexity index is 492. The van der Waals surface area contributed by atoms with Crippen LogP contribution in [0.3, 0.4) is 0 Å². The lowest BCUT2D eigenvalue weighted by molar-refractivity contribution is 0.415. The zero-order valence-corrected chi connectivity index (χ0v) is 9.40. The van der Waals surface area contributed by atoms with E-state index in [1.807, 2.05) is 37.3 Å². The fraction of sp³-hybridized carbons (Fsp3) is 0.154. The maximum Gasteiger partial charge on any atom is 0.131 e. The Balaban J connectivity index is 2.45. The number of benzene rings is 1. The predicted molar refractivity (Wildman–Crippen MR) is 65.4 cm³/mol. The Labute approximate surface area is 94.9 Å². The number of nitrogens with zero attached hydrogens (tertiary/aromatic N) is 1. The number of aryl methyl sites for hydroxylation is 1. The minimum atomic E-state index is 0.552. The van der Waals surface area contributed by atoms with Crippen LogP contribution < -0.4 is 10.5 Å². The predicted octanol–water partition coefficient (Wildman–Crippen LogP) is 2.65. The highest BCUT2D eigenvalue weighted by molar-refractivity contribution is 5.74. The summed E-state index contributed by atoms with van der Waals surface area (Å²) in [6.07, 6.45) is 1.77. The zero-order valence-electron chi connectivity index (χ0n) is 9.40. The van der Waals surface area contributed by atoms with E-state index in [4.69, 9.17) is 10.5 Å². The van der Waals surface area contributed by atoms with Crippen molar-refractivity contribution in [1.82, 2.24) is 4.98 Å². The van der Waals surface area contributed by atoms with Gasteiger partial charge in [-0.15, -0.1) is 0 Å². The van der Waals surface area contributed by atoms with E-state index in [-0.39, 0.29) is 0 Å². The molecule has 0 unspecified atom stereocenters. The van der Waals surface area contributed by atoms with Crippen LogP contribution in [0.1, 0.15) is 5.56 Å². The second-order valence-electron chi connectivity index (χ2n) is 3.67. The van der Waals surface area contributed by atoms with Crippen LogP contribution >= 0.6 is 0 Å². The standard InChI is InChI=1S/C13H14N2O/c1-9-7-12(13(14)15-8-9)10-3-5-11(16-2)6-4-10/h3-8H,1-2H3,(H2,14,15). The second kappa shape index (κ2) is 4.23. The van der Waals surface area contributed by atoms with Crippen LogP contribution in [0.15, 0.2) is 36.5 Å². The third kappa shape index (κ3) is 1.98. The van der Waals surface area contributed by atoms with Crippen molar-refractivity contribution in [2.45, 2.75) is 6.92 Å². The SMILES string of the molecule is COc1ccc(-c2cc(C)cnc2N)cc1. The smallest absolute Gasteiger partial charge is 0.131 e. The maximum atomic E-state index is 5.85. The second-order valence-corrected chi connectivity index (χ2v) is 3.67. The molecule has 1 aromatic heterocycles. The Hall–Kier alpha value is -2.03. The van der Waals surface area contributed by atoms with Gasteiger partial charge in [-0.1, -0.05) is 12.1 Å². The number of ether oxygens (including phenoxy) is 1. The average molecular weight is 214 g/mol. The van der Waals surface area contributed by atoms with Gasteiger partial charge in [-0.25, -0.2) is 4.98 Å². The number of pyridine rings is 1. The highest BCUT2D eigenvalue weighted by atomic mass is 16.5. The molecule has 0 aliphatic heterocycles. The number of nitrogens with two attached hydrogens (primary N) is 1. The fourth-order valence-corrected chi connectivity index (χ4v) is 1.58. The highest BCUT2D eigenvalue weighted by Gasteiger charge is 2.04. The maximum absolute atomic E-state index is 5.85. The summed E-state index contributed by atoms with van der Waals surface area (Å²) in [5, 5.41) is 0. The molecule has 16 heavy (non-hydrogen) atoms. The van der Waals surface area contributed by atoms with Crippen molar-refractivity contribution in [3.8, 4) is 16.9 Å². The lowest BCUT2D eigenvalue weighted by Crippen LogP contribution is -1.94. The van der Waals surface area contributed by atoms with Crippen LogP contribution in [0, 0.1) is 6.92 Å². The van der Waals surface area contributed by atoms with Crippen molar-refractivity contribution < 1.29 is 4.74 Å². The van der Waals surface area contributed by atoms with Gasteiger partial charge in [-0.05, 0) is 36.2 Å². The van der Waals surface area contributed by atoms with Crippen molar-refractivity contribution in [2.75, 3.05) is 12.8 Å². The summed E-state index contributed by atoms with van der Waals surface area (Å²) >= 11 is 0. The first-order valence-corrected chi connectivity index (χ1v) is 5.07. The van der Waals surface area contributed by atoms with Gasteiger partial charge in [-0.2, -0.15) is 0 Å². The minimum Gasteiger partial charge on any atom is -0.497 e. The quantitative estimate of drug-likeness (QED) is 0.836. The summed E-state index contributed by atoms with van der Waals surface area (Å²) in [5.74, 6) is 1.39. The molecule has 3 nitrogen and oxygen atoms in total. The van der Waals surface area contributed by atoms with E-state index in [2.05, 4.69) is 4.98 Å². The Morgan fingerprint density at radius 3 is 2.50 bits per heavy atom. The van der Waals surface area contributed by atoms with Gasteiger partial charge < -0.3 is 10.5 Å². The third-order valence-corrected chi connectivity index (χ3v) is 2.46. The molecule has 0 radical (unpaired) electrons. The monoisotopic (exact) mass is 214 g/mol. The van der Waals surface area contributed by atoms with Gasteiger partial charge in [0, 0.05) is 11.8 Å². The molecule has 2 aromatic rings. The first-order valence-electron chi connectivity index (χ1n) is 5.07. The van der Waals surface area contributed by atoms with Crippen LogP contribution in [0.25, 0.3) is 11.1 Å². The van der Waals surface area contributed by atoms with Crippen molar-refractivity contribution in [1.29, 1.82) is 0 Å². The van der Waals surface area contributed by atoms with E-state index in [0.29, 0.717) is 5.82 Å². The van der Waals surface area contributed by atoms with Crippen LogP contribution in [0.2, 0.25) is 0 Å². The molecule has 1 heterocycles. The molecule has 0 bridgehead atoms. The third-order valence-electron chi connectivity index (χ3n) is 2.46. The zero-order chi connectivity index (χ0) is 11.5. The summed E-state index contributed by atoms with van der Waals surface area (Å²) in [5.41, 5.74) is 8.96. The Kier molecular flexibility index (Phi) is 2.77. The van der Waals surface area contributed by atoms with Crippen LogP contribution in [-0.4, -0.2) is 12.1 Å². The van der Waals surface area contributed by atoms with Gasteiger partial charge in [0.15, 0.2) is 0 Å². The Morgan fingerprint density at radius 1 is 1.19 bits per heavy atom. The number of anilines is 1. The van der Waals surface area contributed by atoms with E-state index in [9.17, 15) is 0 Å². The van der Waals surface area contributed by atoms with Crippen molar-refractivity contribution in [3.05, 3.63) is 42.1 Å². The fourth-order valence-electron chi connectivity index (χ4n) is 1.58. The molecule has 82 valence electrons. The number of rotatable bonds is 2. The molecule has 0 saturated heterocycles. The molecule has 0 atom stereocenters. The number of methoxy groups -OCH3 is 1. The van der Waals surface area contributed by atoms with E-state index in [1.54, 1.807) is 13.3 Å². The number of aromatic nitrogens is 1. The lowest BCUT2D eigenvalue weighted by Gasteiger charge is -2.07. The molecule has 0 spiro atoms. The van der Waals surface area contributed by atoms with Gasteiger partial charge in [0.05, 0.1) is 7.11 Å². The number of nitrogen functional groups attached to an aromatic ring is 1. The summed E-state index contributed by atoms with van der Waals surface area (Å²) in [4.78, 5) is 4.14. The van der Waals surface area contributed by atoms with Gasteiger partial charge in [-0.3, -0.25) is 0 Å². The number of hydrogen-bond donors (Lipinski definition) is 1. The van der Waals surface area contributed by atoms with E-state index in [1.165, 1.54) is 0 Å². The summed E-state index contributed by atoms with van der Waals surface area (Å²) in [6.45, 7) is 2.00. The Morgan fingerprint density at radius 2 is 1.88 bits per heavy atom. The molecule has 0 amide bonds. The van der Waals surface area contributed by atoms with E-state index >= 15 is 0 Å². The molecule has 0 fully saturated rings. The average Bonchev–Trinajstić information content (AvgIpc) is 2.32. The van der Waals surface area contributed by atoms with Crippen molar-refractivity contribution in [2.24, 2.45) is 0 Å². The molecule has 2 N–H and O–H groups in total. The van der Waals surface area contributed by atoms with Gasteiger partial charge in [0.25, 0.3) is 0 Å². The molecule has 1 aromatic carbocycles. The largest absolute Gasteiger partial charge is 0.497 e. The molecule has 2 rings (SSSR count). The van der Waals surface area contributed by atoms with Crippen molar-refractivity contribution in [3.63, 3.8) is 0 Å². The molecule has 3 heteroatoms. The van der Waals surface area contributed by atoms with Gasteiger partial charge in [0.2, 0.25) is 0 Å². The highest BCUT2D eigenvalue weighted by Crippen LogP contribution is 2.26. The number of hydrogen-bond acceptors (Lipinski definition) is 3. The first-order chi connectivity index (χ1) is 7.70. The minimum absolute atomic E-state index is 0.552. The molecular formula is C13H14N2O. The summed E-state index contributed by atoms with van der Waals surface area (Å²) in [6, 6.07) is 9.82. The summed E-state index contributed by atoms with van der Waals surface area (Å²) < 4.78 is 5.11. The normalized spacial score (nSPS) is 10.1. The molecule has 0 aliphatic carbocycles. The molecule has 0 saturated carbocycles. The molecule has 0 aliphatic rings. The summed E-state index contributed by atoms with van der Waals surface area (Å²) in [7, 11) is 1.65. The van der Waals surface area contributed by atoms with Crippen LogP contribution in [0.4, 0.5) is 5.82 Å².